The third-order valence-electron chi connectivity index (χ3n) is 3.47. The molecule has 1 aromatic rings. The maximum atomic E-state index is 11.8. The number of aliphatic carboxylic acids is 1. The second kappa shape index (κ2) is 6.65. The van der Waals surface area contributed by atoms with Gasteiger partial charge >= 0.3 is 5.97 Å². The zero-order valence-electron chi connectivity index (χ0n) is 11.3. The highest BCUT2D eigenvalue weighted by Crippen LogP contribution is 2.24. The highest BCUT2D eigenvalue weighted by atomic mass is 32.1. The van der Waals surface area contributed by atoms with Gasteiger partial charge in [-0.3, -0.25) is 9.59 Å². The first-order valence-electron chi connectivity index (χ1n) is 6.68. The van der Waals surface area contributed by atoms with E-state index in [1.807, 2.05) is 12.3 Å². The van der Waals surface area contributed by atoms with Crippen molar-refractivity contribution >= 4 is 29.3 Å². The highest BCUT2D eigenvalue weighted by Gasteiger charge is 2.26. The molecular formula is C14H18N2O3S. The smallest absolute Gasteiger partial charge is 0.306 e. The lowest BCUT2D eigenvalue weighted by molar-refractivity contribution is -0.142. The Morgan fingerprint density at radius 1 is 1.40 bits per heavy atom. The van der Waals surface area contributed by atoms with Crippen LogP contribution in [0.15, 0.2) is 11.5 Å². The molecule has 108 valence electrons. The van der Waals surface area contributed by atoms with Crippen LogP contribution in [0.2, 0.25) is 0 Å². The van der Waals surface area contributed by atoms with Gasteiger partial charge in [-0.2, -0.15) is 0 Å². The van der Waals surface area contributed by atoms with Crippen LogP contribution in [0.1, 0.15) is 36.4 Å². The minimum Gasteiger partial charge on any atom is -0.481 e. The number of carboxylic acid groups (broad SMARTS) is 1. The highest BCUT2D eigenvalue weighted by molar-refractivity contribution is 7.09. The van der Waals surface area contributed by atoms with Crippen molar-refractivity contribution in [3.63, 3.8) is 0 Å². The molecule has 20 heavy (non-hydrogen) atoms. The average Bonchev–Trinajstić information content (AvgIpc) is 2.83. The van der Waals surface area contributed by atoms with Crippen LogP contribution in [0.4, 0.5) is 0 Å². The molecule has 2 N–H and O–H groups in total. The summed E-state index contributed by atoms with van der Waals surface area (Å²) in [5.74, 6) is -1.13. The van der Waals surface area contributed by atoms with Crippen molar-refractivity contribution in [1.82, 2.24) is 10.3 Å². The number of amides is 1. The van der Waals surface area contributed by atoms with Crippen LogP contribution in [0, 0.1) is 12.8 Å². The van der Waals surface area contributed by atoms with Gasteiger partial charge in [0.25, 0.3) is 0 Å². The number of hydrogen-bond acceptors (Lipinski definition) is 4. The second-order valence-corrected chi connectivity index (χ2v) is 6.08. The van der Waals surface area contributed by atoms with Crippen molar-refractivity contribution in [3.05, 3.63) is 22.2 Å². The van der Waals surface area contributed by atoms with Crippen molar-refractivity contribution in [3.8, 4) is 0 Å². The van der Waals surface area contributed by atoms with Crippen molar-refractivity contribution in [2.75, 3.05) is 0 Å². The molecule has 0 spiro atoms. The number of hydrogen-bond donors (Lipinski definition) is 2. The first kappa shape index (κ1) is 14.7. The number of carboxylic acids is 1. The maximum Gasteiger partial charge on any atom is 0.306 e. The lowest BCUT2D eigenvalue weighted by Crippen LogP contribution is -2.37. The van der Waals surface area contributed by atoms with E-state index in [9.17, 15) is 9.59 Å². The van der Waals surface area contributed by atoms with E-state index < -0.39 is 5.97 Å². The number of aryl methyl sites for hydroxylation is 1. The fourth-order valence-electron chi connectivity index (χ4n) is 2.35. The SMILES string of the molecule is Cc1nc(/C=C/C(=O)NC2CCC(C(=O)O)CC2)cs1. The average molecular weight is 294 g/mol. The summed E-state index contributed by atoms with van der Waals surface area (Å²) in [5, 5.41) is 14.7. The molecule has 0 bridgehead atoms. The zero-order chi connectivity index (χ0) is 14.5. The summed E-state index contributed by atoms with van der Waals surface area (Å²) in [4.78, 5) is 26.9. The summed E-state index contributed by atoms with van der Waals surface area (Å²) in [7, 11) is 0. The lowest BCUT2D eigenvalue weighted by atomic mass is 9.86. The Labute approximate surface area is 121 Å². The van der Waals surface area contributed by atoms with Gasteiger partial charge in [-0.05, 0) is 38.7 Å². The van der Waals surface area contributed by atoms with Crippen LogP contribution < -0.4 is 5.32 Å². The molecule has 2 rings (SSSR count). The van der Waals surface area contributed by atoms with E-state index in [1.54, 1.807) is 17.4 Å². The second-order valence-electron chi connectivity index (χ2n) is 5.02. The number of rotatable bonds is 4. The number of carbonyl (C=O) groups is 2. The monoisotopic (exact) mass is 294 g/mol. The van der Waals surface area contributed by atoms with E-state index in [4.69, 9.17) is 5.11 Å². The summed E-state index contributed by atoms with van der Waals surface area (Å²) >= 11 is 1.54. The molecule has 0 aromatic carbocycles. The summed E-state index contributed by atoms with van der Waals surface area (Å²) in [6.45, 7) is 1.92. The van der Waals surface area contributed by atoms with E-state index in [0.717, 1.165) is 23.5 Å². The van der Waals surface area contributed by atoms with Crippen molar-refractivity contribution < 1.29 is 14.7 Å². The van der Waals surface area contributed by atoms with Gasteiger partial charge in [0.2, 0.25) is 5.91 Å². The van der Waals surface area contributed by atoms with Gasteiger partial charge in [-0.15, -0.1) is 11.3 Å². The molecular weight excluding hydrogens is 276 g/mol. The first-order chi connectivity index (χ1) is 9.54. The lowest BCUT2D eigenvalue weighted by Gasteiger charge is -2.26. The Morgan fingerprint density at radius 2 is 2.10 bits per heavy atom. The van der Waals surface area contributed by atoms with E-state index in [2.05, 4.69) is 10.3 Å². The van der Waals surface area contributed by atoms with Crippen LogP contribution >= 0.6 is 11.3 Å². The predicted octanol–water partition coefficient (Wildman–Crippen LogP) is 2.22. The maximum absolute atomic E-state index is 11.8. The van der Waals surface area contributed by atoms with E-state index in [-0.39, 0.29) is 17.9 Å². The Hall–Kier alpha value is -1.69. The number of nitrogens with zero attached hydrogens (tertiary/aromatic N) is 1. The van der Waals surface area contributed by atoms with Gasteiger partial charge in [-0.25, -0.2) is 4.98 Å². The van der Waals surface area contributed by atoms with E-state index in [1.165, 1.54) is 6.08 Å². The molecule has 6 heteroatoms. The van der Waals surface area contributed by atoms with Crippen LogP contribution in [0.25, 0.3) is 6.08 Å². The minimum atomic E-state index is -0.728. The summed E-state index contributed by atoms with van der Waals surface area (Å²) in [6.07, 6.45) is 5.91. The predicted molar refractivity (Wildman–Crippen MR) is 77.4 cm³/mol. The zero-order valence-corrected chi connectivity index (χ0v) is 12.2. The standard InChI is InChI=1S/C14H18N2O3S/c1-9-15-12(8-20-9)6-7-13(17)16-11-4-2-10(3-5-11)14(18)19/h6-8,10-11H,2-5H2,1H3,(H,16,17)(H,18,19)/b7-6+. The fraction of sp³-hybridized carbons (Fsp3) is 0.500. The molecule has 1 aliphatic carbocycles. The fourth-order valence-corrected chi connectivity index (χ4v) is 2.93. The third-order valence-corrected chi connectivity index (χ3v) is 4.26. The summed E-state index contributed by atoms with van der Waals surface area (Å²) in [6, 6.07) is 0.0833. The molecule has 0 unspecified atom stereocenters. The molecule has 0 atom stereocenters. The van der Waals surface area contributed by atoms with Crippen molar-refractivity contribution in [2.24, 2.45) is 5.92 Å². The third kappa shape index (κ3) is 4.16. The summed E-state index contributed by atoms with van der Waals surface area (Å²) < 4.78 is 0. The number of thiazole rings is 1. The Balaban J connectivity index is 1.78. The molecule has 1 aromatic heterocycles. The number of carbonyl (C=O) groups excluding carboxylic acids is 1. The Morgan fingerprint density at radius 3 is 2.65 bits per heavy atom. The van der Waals surface area contributed by atoms with Crippen molar-refractivity contribution in [1.29, 1.82) is 0 Å². The van der Waals surface area contributed by atoms with Gasteiger partial charge in [0.15, 0.2) is 0 Å². The van der Waals surface area contributed by atoms with E-state index >= 15 is 0 Å². The molecule has 1 saturated carbocycles. The van der Waals surface area contributed by atoms with Gasteiger partial charge in [0, 0.05) is 17.5 Å². The van der Waals surface area contributed by atoms with Crippen LogP contribution in [0.5, 0.6) is 0 Å². The molecule has 1 aliphatic rings. The van der Waals surface area contributed by atoms with Gasteiger partial charge in [0.05, 0.1) is 16.6 Å². The molecule has 0 radical (unpaired) electrons. The molecule has 0 saturated heterocycles. The van der Waals surface area contributed by atoms with Gasteiger partial charge < -0.3 is 10.4 Å². The van der Waals surface area contributed by atoms with Gasteiger partial charge in [-0.1, -0.05) is 0 Å². The molecule has 1 amide bonds. The molecule has 0 aliphatic heterocycles. The van der Waals surface area contributed by atoms with E-state index in [0.29, 0.717) is 12.8 Å². The summed E-state index contributed by atoms with van der Waals surface area (Å²) in [5.41, 5.74) is 0.789. The van der Waals surface area contributed by atoms with Crippen LogP contribution in [-0.2, 0) is 9.59 Å². The minimum absolute atomic E-state index is 0.0833. The van der Waals surface area contributed by atoms with Crippen molar-refractivity contribution in [2.45, 2.75) is 38.6 Å². The van der Waals surface area contributed by atoms with Crippen LogP contribution in [0.3, 0.4) is 0 Å². The Bertz CT molecular complexity index is 516. The largest absolute Gasteiger partial charge is 0.481 e. The van der Waals surface area contributed by atoms with Gasteiger partial charge in [0.1, 0.15) is 0 Å². The Kier molecular flexibility index (Phi) is 4.89. The normalized spacial score (nSPS) is 22.9. The quantitative estimate of drug-likeness (QED) is 0.835. The number of aromatic nitrogens is 1. The topological polar surface area (TPSA) is 79.3 Å². The number of nitrogens with one attached hydrogen (secondary N) is 1. The molecule has 1 heterocycles. The first-order valence-corrected chi connectivity index (χ1v) is 7.56. The van der Waals surface area contributed by atoms with Crippen LogP contribution in [-0.4, -0.2) is 28.0 Å². The molecule has 5 nitrogen and oxygen atoms in total. The molecule has 1 fully saturated rings.